The second-order valence-electron chi connectivity index (χ2n) is 11.6. The first-order chi connectivity index (χ1) is 16.9. The smallest absolute Gasteiger partial charge is 0.218 e. The zero-order chi connectivity index (χ0) is 26.1. The van der Waals surface area contributed by atoms with E-state index in [1.165, 1.54) is 13.0 Å². The van der Waals surface area contributed by atoms with Gasteiger partial charge in [0.1, 0.15) is 11.4 Å². The summed E-state index contributed by atoms with van der Waals surface area (Å²) in [6.45, 7) is 8.18. The molecular weight excluding hydrogens is 525 g/mol. The average molecular weight is 563 g/mol. The molecule has 0 saturated heterocycles. The topological polar surface area (TPSA) is 83.5 Å². The van der Waals surface area contributed by atoms with Crippen molar-refractivity contribution in [3.63, 3.8) is 0 Å². The van der Waals surface area contributed by atoms with Gasteiger partial charge < -0.3 is 20.5 Å². The van der Waals surface area contributed by atoms with Crippen molar-refractivity contribution in [1.82, 2.24) is 15.6 Å². The number of nitrogens with one attached hydrogen (secondary N) is 2. The van der Waals surface area contributed by atoms with Crippen molar-refractivity contribution < 1.29 is 19.0 Å². The Balaban J connectivity index is 1.64. The van der Waals surface area contributed by atoms with Crippen LogP contribution in [0, 0.1) is 11.2 Å². The third-order valence-electron chi connectivity index (χ3n) is 7.08. The first-order valence-electron chi connectivity index (χ1n) is 12.7. The summed E-state index contributed by atoms with van der Waals surface area (Å²) in [5.41, 5.74) is 2.93. The highest BCUT2D eigenvalue weighted by molar-refractivity contribution is 9.10. The molecule has 8 heteroatoms. The number of hydrogen-bond acceptors (Lipinski definition) is 5. The van der Waals surface area contributed by atoms with Crippen LogP contribution >= 0.6 is 15.9 Å². The molecular formula is C28H37BrFN3O3. The summed E-state index contributed by atoms with van der Waals surface area (Å²) < 4.78 is 20.7. The fraction of sp³-hybridized carbons (Fsp3) is 0.571. The number of carbonyl (C=O) groups excluding carboxylic acids is 1. The molecule has 1 fully saturated rings. The van der Waals surface area contributed by atoms with Crippen LogP contribution < -0.4 is 15.4 Å². The molecule has 2 aliphatic rings. The van der Waals surface area contributed by atoms with Gasteiger partial charge in [-0.2, -0.15) is 0 Å². The predicted molar refractivity (Wildman–Crippen MR) is 141 cm³/mol. The fourth-order valence-corrected chi connectivity index (χ4v) is 5.62. The van der Waals surface area contributed by atoms with E-state index in [0.717, 1.165) is 48.8 Å². The average Bonchev–Trinajstić information content (AvgIpc) is 2.77. The summed E-state index contributed by atoms with van der Waals surface area (Å²) in [4.78, 5) is 16.3. The molecule has 1 spiro atoms. The standard InChI is InChI=1S/C28H37BrFN3O3/c1-17(34)31-16-25(35)23(12-18-6-7-22(30)21(29)11-18)33-24-14-28(8-5-9-28)36-26-20(24)10-19(15-32-26)13-27(2,3)4/h6-7,10-11,15,23-25,33,35H,5,8-9,12-14,16H2,1-4H3,(H,31,34)/t23?,24-,25+/m0/s1. The number of ether oxygens (including phenoxy) is 1. The van der Waals surface area contributed by atoms with Crippen LogP contribution in [-0.2, 0) is 17.6 Å². The number of aliphatic hydroxyl groups is 1. The summed E-state index contributed by atoms with van der Waals surface area (Å²) in [5, 5.41) is 17.5. The molecule has 0 radical (unpaired) electrons. The van der Waals surface area contributed by atoms with Crippen LogP contribution in [0.25, 0.3) is 0 Å². The first-order valence-corrected chi connectivity index (χ1v) is 13.5. The zero-order valence-corrected chi connectivity index (χ0v) is 23.1. The molecule has 3 N–H and O–H groups in total. The van der Waals surface area contributed by atoms with E-state index in [2.05, 4.69) is 53.4 Å². The molecule has 1 aromatic heterocycles. The van der Waals surface area contributed by atoms with Crippen LogP contribution in [0.5, 0.6) is 5.88 Å². The Bertz CT molecular complexity index is 1100. The van der Waals surface area contributed by atoms with Crippen LogP contribution in [0.15, 0.2) is 34.9 Å². The molecule has 36 heavy (non-hydrogen) atoms. The van der Waals surface area contributed by atoms with Gasteiger partial charge in [0.05, 0.1) is 10.6 Å². The number of pyridine rings is 1. The lowest BCUT2D eigenvalue weighted by Gasteiger charge is -2.48. The summed E-state index contributed by atoms with van der Waals surface area (Å²) in [6, 6.07) is 6.63. The van der Waals surface area contributed by atoms with Gasteiger partial charge >= 0.3 is 0 Å². The summed E-state index contributed by atoms with van der Waals surface area (Å²) in [6.07, 6.45) is 6.32. The van der Waals surface area contributed by atoms with Crippen molar-refractivity contribution in [2.45, 2.75) is 90.0 Å². The molecule has 1 unspecified atom stereocenters. The minimum atomic E-state index is -0.841. The highest BCUT2D eigenvalue weighted by atomic mass is 79.9. The van der Waals surface area contributed by atoms with Gasteiger partial charge in [0.2, 0.25) is 11.8 Å². The molecule has 0 bridgehead atoms. The molecule has 1 aromatic carbocycles. The van der Waals surface area contributed by atoms with E-state index >= 15 is 0 Å². The number of aliphatic hydroxyl groups excluding tert-OH is 1. The van der Waals surface area contributed by atoms with Gasteiger partial charge in [0.15, 0.2) is 0 Å². The van der Waals surface area contributed by atoms with E-state index in [-0.39, 0.29) is 41.4 Å². The predicted octanol–water partition coefficient (Wildman–Crippen LogP) is 5.02. The third kappa shape index (κ3) is 6.64. The number of amides is 1. The minimum absolute atomic E-state index is 0.0673. The molecule has 1 aliphatic carbocycles. The highest BCUT2D eigenvalue weighted by Crippen LogP contribution is 2.48. The first kappa shape index (κ1) is 27.0. The van der Waals surface area contributed by atoms with E-state index in [1.807, 2.05) is 6.20 Å². The van der Waals surface area contributed by atoms with Gasteiger partial charge in [-0.05, 0) is 82.8 Å². The molecule has 1 amide bonds. The molecule has 2 aromatic rings. The monoisotopic (exact) mass is 561 g/mol. The van der Waals surface area contributed by atoms with Gasteiger partial charge in [0.25, 0.3) is 0 Å². The lowest BCUT2D eigenvalue weighted by Crippen LogP contribution is -2.53. The lowest BCUT2D eigenvalue weighted by molar-refractivity contribution is -0.119. The molecule has 2 heterocycles. The maximum absolute atomic E-state index is 13.8. The van der Waals surface area contributed by atoms with Crippen molar-refractivity contribution in [3.05, 3.63) is 57.4 Å². The summed E-state index contributed by atoms with van der Waals surface area (Å²) in [7, 11) is 0. The Morgan fingerprint density at radius 2 is 2.06 bits per heavy atom. The maximum Gasteiger partial charge on any atom is 0.218 e. The van der Waals surface area contributed by atoms with Crippen molar-refractivity contribution in [1.29, 1.82) is 0 Å². The van der Waals surface area contributed by atoms with Crippen LogP contribution in [0.2, 0.25) is 0 Å². The highest BCUT2D eigenvalue weighted by Gasteiger charge is 2.47. The van der Waals surface area contributed by atoms with Crippen LogP contribution in [0.3, 0.4) is 0 Å². The molecule has 1 saturated carbocycles. The summed E-state index contributed by atoms with van der Waals surface area (Å²) >= 11 is 3.27. The van der Waals surface area contributed by atoms with E-state index in [0.29, 0.717) is 16.8 Å². The van der Waals surface area contributed by atoms with Crippen molar-refractivity contribution >= 4 is 21.8 Å². The number of benzene rings is 1. The van der Waals surface area contributed by atoms with Crippen molar-refractivity contribution in [2.75, 3.05) is 6.54 Å². The number of hydrogen-bond donors (Lipinski definition) is 3. The molecule has 196 valence electrons. The van der Waals surface area contributed by atoms with Crippen LogP contribution in [0.1, 0.15) is 76.1 Å². The van der Waals surface area contributed by atoms with Crippen molar-refractivity contribution in [2.24, 2.45) is 5.41 Å². The van der Waals surface area contributed by atoms with E-state index in [1.54, 1.807) is 12.1 Å². The summed E-state index contributed by atoms with van der Waals surface area (Å²) in [5.74, 6) is 0.138. The normalized spacial score (nSPS) is 20.1. The maximum atomic E-state index is 13.8. The number of nitrogens with zero attached hydrogens (tertiary/aromatic N) is 1. The van der Waals surface area contributed by atoms with Gasteiger partial charge in [-0.1, -0.05) is 26.8 Å². The van der Waals surface area contributed by atoms with Crippen LogP contribution in [-0.4, -0.2) is 40.3 Å². The molecule has 4 rings (SSSR count). The lowest BCUT2D eigenvalue weighted by atomic mass is 9.73. The van der Waals surface area contributed by atoms with E-state index in [4.69, 9.17) is 9.72 Å². The van der Waals surface area contributed by atoms with Crippen molar-refractivity contribution in [3.8, 4) is 5.88 Å². The van der Waals surface area contributed by atoms with E-state index < -0.39 is 6.10 Å². The number of aromatic nitrogens is 1. The van der Waals surface area contributed by atoms with Gasteiger partial charge in [-0.25, -0.2) is 9.37 Å². The number of rotatable bonds is 8. The minimum Gasteiger partial charge on any atom is -0.471 e. The number of carbonyl (C=O) groups is 1. The molecule has 1 aliphatic heterocycles. The Morgan fingerprint density at radius 1 is 1.31 bits per heavy atom. The van der Waals surface area contributed by atoms with Gasteiger partial charge in [-0.3, -0.25) is 4.79 Å². The second-order valence-corrected chi connectivity index (χ2v) is 12.5. The fourth-order valence-electron chi connectivity index (χ4n) is 5.19. The van der Waals surface area contributed by atoms with E-state index in [9.17, 15) is 14.3 Å². The Kier molecular flexibility index (Phi) is 8.07. The van der Waals surface area contributed by atoms with Crippen LogP contribution in [0.4, 0.5) is 4.39 Å². The number of halogens is 2. The Hall–Kier alpha value is -2.03. The SMILES string of the molecule is CC(=O)NC[C@@H](O)C(Cc1ccc(F)c(Br)c1)N[C@H]1CC2(CCC2)Oc2ncc(CC(C)(C)C)cc21. The Labute approximate surface area is 221 Å². The zero-order valence-electron chi connectivity index (χ0n) is 21.5. The quantitative estimate of drug-likeness (QED) is 0.421. The number of fused-ring (bicyclic) bond motifs is 1. The third-order valence-corrected chi connectivity index (χ3v) is 7.69. The Morgan fingerprint density at radius 3 is 2.67 bits per heavy atom. The molecule has 6 nitrogen and oxygen atoms in total. The molecule has 3 atom stereocenters. The van der Waals surface area contributed by atoms with Gasteiger partial charge in [0, 0.05) is 43.7 Å². The van der Waals surface area contributed by atoms with Gasteiger partial charge in [-0.15, -0.1) is 0 Å². The second kappa shape index (κ2) is 10.8. The largest absolute Gasteiger partial charge is 0.471 e.